The average molecular weight is 223 g/mol. The lowest BCUT2D eigenvalue weighted by atomic mass is 9.94. The topological polar surface area (TPSA) is 82.0 Å². The molecule has 0 amide bonds. The van der Waals surface area contributed by atoms with Gasteiger partial charge in [-0.15, -0.1) is 0 Å². The van der Waals surface area contributed by atoms with Gasteiger partial charge in [0.05, 0.1) is 10.6 Å². The Hall–Kier alpha value is -1.49. The van der Waals surface area contributed by atoms with Crippen LogP contribution in [-0.4, -0.2) is 15.9 Å². The summed E-state index contributed by atoms with van der Waals surface area (Å²) in [7, 11) is 0. The van der Waals surface area contributed by atoms with Crippen LogP contribution in [0, 0.1) is 17.0 Å². The first-order chi connectivity index (χ1) is 7.47. The Labute approximate surface area is 94.8 Å². The van der Waals surface area contributed by atoms with E-state index in [1.165, 1.54) is 6.07 Å². The first-order valence-corrected chi connectivity index (χ1v) is 5.33. The van der Waals surface area contributed by atoms with Crippen molar-refractivity contribution in [2.24, 2.45) is 5.73 Å². The first kappa shape index (κ1) is 12.6. The summed E-state index contributed by atoms with van der Waals surface area (Å²) in [5.41, 5.74) is 7.23. The van der Waals surface area contributed by atoms with E-state index >= 15 is 0 Å². The molecular formula is C11H17N3O2. The van der Waals surface area contributed by atoms with E-state index in [0.717, 1.165) is 6.42 Å². The van der Waals surface area contributed by atoms with Crippen molar-refractivity contribution in [1.29, 1.82) is 0 Å². The van der Waals surface area contributed by atoms with E-state index in [-0.39, 0.29) is 22.6 Å². The molecule has 0 spiro atoms. The summed E-state index contributed by atoms with van der Waals surface area (Å²) in [5, 5.41) is 10.8. The molecule has 0 aliphatic heterocycles. The molecular weight excluding hydrogens is 206 g/mol. The van der Waals surface area contributed by atoms with Crippen LogP contribution in [0.3, 0.4) is 0 Å². The van der Waals surface area contributed by atoms with Gasteiger partial charge in [-0.05, 0) is 20.3 Å². The molecule has 0 saturated carbocycles. The lowest BCUT2D eigenvalue weighted by molar-refractivity contribution is -0.385. The number of nitrogens with two attached hydrogens (primary N) is 1. The third-order valence-electron chi connectivity index (χ3n) is 2.75. The summed E-state index contributed by atoms with van der Waals surface area (Å²) in [6, 6.07) is 1.48. The van der Waals surface area contributed by atoms with Gasteiger partial charge in [0.15, 0.2) is 0 Å². The SMILES string of the molecule is CCC(c1cc([N+](=O)[O-])c(C)cn1)C(C)N. The molecule has 5 nitrogen and oxygen atoms in total. The fourth-order valence-electron chi connectivity index (χ4n) is 1.78. The van der Waals surface area contributed by atoms with Crippen LogP contribution in [0.2, 0.25) is 0 Å². The molecule has 16 heavy (non-hydrogen) atoms. The summed E-state index contributed by atoms with van der Waals surface area (Å²) in [4.78, 5) is 14.7. The molecule has 88 valence electrons. The summed E-state index contributed by atoms with van der Waals surface area (Å²) < 4.78 is 0. The van der Waals surface area contributed by atoms with Crippen molar-refractivity contribution in [3.63, 3.8) is 0 Å². The minimum absolute atomic E-state index is 0.0557. The van der Waals surface area contributed by atoms with E-state index in [1.807, 2.05) is 13.8 Å². The molecule has 0 radical (unpaired) electrons. The molecule has 0 aliphatic carbocycles. The Balaban J connectivity index is 3.15. The largest absolute Gasteiger partial charge is 0.327 e. The minimum atomic E-state index is -0.381. The highest BCUT2D eigenvalue weighted by molar-refractivity contribution is 5.39. The third-order valence-corrected chi connectivity index (χ3v) is 2.75. The predicted octanol–water partition coefficient (Wildman–Crippen LogP) is 2.14. The minimum Gasteiger partial charge on any atom is -0.327 e. The summed E-state index contributed by atoms with van der Waals surface area (Å²) >= 11 is 0. The predicted molar refractivity (Wildman–Crippen MR) is 62.3 cm³/mol. The van der Waals surface area contributed by atoms with Gasteiger partial charge in [-0.25, -0.2) is 0 Å². The first-order valence-electron chi connectivity index (χ1n) is 5.33. The molecule has 5 heteroatoms. The van der Waals surface area contributed by atoms with Crippen molar-refractivity contribution in [3.05, 3.63) is 33.6 Å². The van der Waals surface area contributed by atoms with Gasteiger partial charge in [0, 0.05) is 29.8 Å². The maximum absolute atomic E-state index is 10.8. The van der Waals surface area contributed by atoms with Crippen molar-refractivity contribution < 1.29 is 4.92 Å². The van der Waals surface area contributed by atoms with Crippen molar-refractivity contribution in [2.45, 2.75) is 39.2 Å². The maximum atomic E-state index is 10.8. The highest BCUT2D eigenvalue weighted by Gasteiger charge is 2.19. The lowest BCUT2D eigenvalue weighted by Gasteiger charge is -2.18. The molecule has 2 atom stereocenters. The monoisotopic (exact) mass is 223 g/mol. The maximum Gasteiger partial charge on any atom is 0.275 e. The van der Waals surface area contributed by atoms with E-state index in [9.17, 15) is 10.1 Å². The zero-order valence-corrected chi connectivity index (χ0v) is 9.80. The fourth-order valence-corrected chi connectivity index (χ4v) is 1.78. The number of aryl methyl sites for hydroxylation is 1. The molecule has 0 fully saturated rings. The van der Waals surface area contributed by atoms with E-state index < -0.39 is 0 Å². The van der Waals surface area contributed by atoms with Gasteiger partial charge in [-0.2, -0.15) is 0 Å². The zero-order chi connectivity index (χ0) is 12.3. The van der Waals surface area contributed by atoms with Gasteiger partial charge in [-0.1, -0.05) is 6.92 Å². The van der Waals surface area contributed by atoms with E-state index in [4.69, 9.17) is 5.73 Å². The molecule has 2 N–H and O–H groups in total. The van der Waals surface area contributed by atoms with Crippen LogP contribution in [0.15, 0.2) is 12.3 Å². The van der Waals surface area contributed by atoms with Gasteiger partial charge in [-0.3, -0.25) is 15.1 Å². The quantitative estimate of drug-likeness (QED) is 0.626. The normalized spacial score (nSPS) is 14.5. The Morgan fingerprint density at radius 1 is 1.62 bits per heavy atom. The van der Waals surface area contributed by atoms with E-state index in [0.29, 0.717) is 11.3 Å². The van der Waals surface area contributed by atoms with Crippen molar-refractivity contribution >= 4 is 5.69 Å². The van der Waals surface area contributed by atoms with Crippen molar-refractivity contribution in [3.8, 4) is 0 Å². The number of hydrogen-bond acceptors (Lipinski definition) is 4. The number of hydrogen-bond donors (Lipinski definition) is 1. The molecule has 1 aromatic rings. The molecule has 0 aromatic carbocycles. The Morgan fingerprint density at radius 2 is 2.25 bits per heavy atom. The number of nitro groups is 1. The van der Waals surface area contributed by atoms with Gasteiger partial charge < -0.3 is 5.73 Å². The second-order valence-electron chi connectivity index (χ2n) is 4.03. The van der Waals surface area contributed by atoms with Crippen molar-refractivity contribution in [2.75, 3.05) is 0 Å². The molecule has 0 aliphatic rings. The molecule has 1 aromatic heterocycles. The fraction of sp³-hybridized carbons (Fsp3) is 0.545. The van der Waals surface area contributed by atoms with Crippen LogP contribution in [-0.2, 0) is 0 Å². The highest BCUT2D eigenvalue weighted by Crippen LogP contribution is 2.25. The third kappa shape index (κ3) is 2.55. The van der Waals surface area contributed by atoms with Crippen LogP contribution in [0.5, 0.6) is 0 Å². The van der Waals surface area contributed by atoms with Crippen LogP contribution in [0.1, 0.15) is 37.4 Å². The number of nitrogens with zero attached hydrogens (tertiary/aromatic N) is 2. The molecule has 1 heterocycles. The van der Waals surface area contributed by atoms with Crippen LogP contribution in [0.4, 0.5) is 5.69 Å². The van der Waals surface area contributed by atoms with E-state index in [2.05, 4.69) is 4.98 Å². The number of aromatic nitrogens is 1. The number of rotatable bonds is 4. The second-order valence-corrected chi connectivity index (χ2v) is 4.03. The van der Waals surface area contributed by atoms with Gasteiger partial charge in [0.25, 0.3) is 5.69 Å². The van der Waals surface area contributed by atoms with Crippen molar-refractivity contribution in [1.82, 2.24) is 4.98 Å². The van der Waals surface area contributed by atoms with E-state index in [1.54, 1.807) is 13.1 Å². The second kappa shape index (κ2) is 5.03. The Bertz CT molecular complexity index is 391. The standard InChI is InChI=1S/C11H17N3O2/c1-4-9(8(3)12)10-5-11(14(15)16)7(2)6-13-10/h5-6,8-9H,4,12H2,1-3H3. The zero-order valence-electron chi connectivity index (χ0n) is 9.80. The Kier molecular flexibility index (Phi) is 3.95. The average Bonchev–Trinajstić information content (AvgIpc) is 2.20. The van der Waals surface area contributed by atoms with Gasteiger partial charge >= 0.3 is 0 Å². The lowest BCUT2D eigenvalue weighted by Crippen LogP contribution is -2.25. The Morgan fingerprint density at radius 3 is 2.69 bits per heavy atom. The van der Waals surface area contributed by atoms with Crippen LogP contribution in [0.25, 0.3) is 0 Å². The van der Waals surface area contributed by atoms with Crippen LogP contribution < -0.4 is 5.73 Å². The highest BCUT2D eigenvalue weighted by atomic mass is 16.6. The smallest absolute Gasteiger partial charge is 0.275 e. The van der Waals surface area contributed by atoms with Gasteiger partial charge in [0.2, 0.25) is 0 Å². The summed E-state index contributed by atoms with van der Waals surface area (Å²) in [5.74, 6) is 0.0688. The van der Waals surface area contributed by atoms with Gasteiger partial charge in [0.1, 0.15) is 0 Å². The number of pyridine rings is 1. The van der Waals surface area contributed by atoms with Crippen LogP contribution >= 0.6 is 0 Å². The molecule has 1 rings (SSSR count). The summed E-state index contributed by atoms with van der Waals surface area (Å²) in [6.45, 7) is 5.57. The molecule has 2 unspecified atom stereocenters. The summed E-state index contributed by atoms with van der Waals surface area (Å²) in [6.07, 6.45) is 2.36. The molecule has 0 saturated heterocycles. The molecule has 0 bridgehead atoms.